The molecule has 0 unspecified atom stereocenters. The van der Waals surface area contributed by atoms with Crippen LogP contribution in [0.2, 0.25) is 0 Å². The Bertz CT molecular complexity index is 404. The highest BCUT2D eigenvalue weighted by Gasteiger charge is 2.07. The molecule has 2 N–H and O–H groups in total. The number of amides is 1. The Kier molecular flexibility index (Phi) is 3.38. The molecule has 0 aliphatic rings. The molecule has 0 saturated carbocycles. The molecule has 1 aromatic carbocycles. The van der Waals surface area contributed by atoms with Gasteiger partial charge < -0.3 is 10.4 Å². The van der Waals surface area contributed by atoms with Crippen molar-refractivity contribution in [1.29, 1.82) is 0 Å². The molecule has 0 bridgehead atoms. The summed E-state index contributed by atoms with van der Waals surface area (Å²) in [6, 6.07) is 3.90. The van der Waals surface area contributed by atoms with E-state index in [1.54, 1.807) is 0 Å². The van der Waals surface area contributed by atoms with Crippen molar-refractivity contribution in [2.75, 3.05) is 5.32 Å². The number of hydrogen-bond acceptors (Lipinski definition) is 2. The number of carboxylic acid groups (broad SMARTS) is 1. The summed E-state index contributed by atoms with van der Waals surface area (Å²) in [6.07, 6.45) is -0.369. The summed E-state index contributed by atoms with van der Waals surface area (Å²) in [4.78, 5) is 21.0. The molecular weight excluding hydrogens is 201 g/mol. The maximum absolute atomic E-state index is 13.2. The molecule has 0 heterocycles. The normalized spacial score (nSPS) is 9.73. The van der Waals surface area contributed by atoms with Gasteiger partial charge in [0.25, 0.3) is 0 Å². The highest BCUT2D eigenvalue weighted by molar-refractivity contribution is 5.88. The topological polar surface area (TPSA) is 66.4 Å². The summed E-state index contributed by atoms with van der Waals surface area (Å²) in [6.45, 7) is 1.31. The van der Waals surface area contributed by atoms with E-state index in [-0.39, 0.29) is 17.9 Å². The van der Waals surface area contributed by atoms with Gasteiger partial charge in [-0.2, -0.15) is 0 Å². The molecule has 80 valence electrons. The second-order valence-electron chi connectivity index (χ2n) is 3.06. The highest BCUT2D eigenvalue weighted by Crippen LogP contribution is 2.15. The maximum Gasteiger partial charge on any atom is 0.307 e. The fourth-order valence-corrected chi connectivity index (χ4v) is 1.13. The van der Waals surface area contributed by atoms with Crippen LogP contribution in [0.25, 0.3) is 0 Å². The number of halogens is 1. The van der Waals surface area contributed by atoms with Gasteiger partial charge in [0.15, 0.2) is 0 Å². The Morgan fingerprint density at radius 2 is 2.13 bits per heavy atom. The van der Waals surface area contributed by atoms with E-state index in [2.05, 4.69) is 5.32 Å². The van der Waals surface area contributed by atoms with Gasteiger partial charge in [-0.25, -0.2) is 4.39 Å². The van der Waals surface area contributed by atoms with Gasteiger partial charge in [-0.3, -0.25) is 9.59 Å². The molecule has 1 amide bonds. The van der Waals surface area contributed by atoms with Crippen molar-refractivity contribution in [2.45, 2.75) is 13.3 Å². The smallest absolute Gasteiger partial charge is 0.307 e. The Balaban J connectivity index is 2.87. The molecule has 4 nitrogen and oxygen atoms in total. The van der Waals surface area contributed by atoms with Crippen molar-refractivity contribution in [2.24, 2.45) is 0 Å². The monoisotopic (exact) mass is 211 g/mol. The first-order chi connectivity index (χ1) is 6.99. The third-order valence-corrected chi connectivity index (χ3v) is 1.72. The van der Waals surface area contributed by atoms with Gasteiger partial charge in [-0.05, 0) is 17.7 Å². The third-order valence-electron chi connectivity index (χ3n) is 1.72. The molecule has 15 heavy (non-hydrogen) atoms. The van der Waals surface area contributed by atoms with Gasteiger partial charge in [0.05, 0.1) is 6.42 Å². The second-order valence-corrected chi connectivity index (χ2v) is 3.06. The van der Waals surface area contributed by atoms with E-state index in [9.17, 15) is 14.0 Å². The lowest BCUT2D eigenvalue weighted by atomic mass is 10.1. The fraction of sp³-hybridized carbons (Fsp3) is 0.200. The molecule has 0 aliphatic carbocycles. The average Bonchev–Trinajstić information content (AvgIpc) is 2.08. The molecule has 1 aromatic rings. The van der Waals surface area contributed by atoms with Crippen molar-refractivity contribution in [3.63, 3.8) is 0 Å². The first-order valence-corrected chi connectivity index (χ1v) is 4.27. The van der Waals surface area contributed by atoms with E-state index in [1.807, 2.05) is 0 Å². The summed E-state index contributed by atoms with van der Waals surface area (Å²) in [5, 5.41) is 10.9. The Morgan fingerprint density at radius 3 is 2.60 bits per heavy atom. The predicted octanol–water partition coefficient (Wildman–Crippen LogP) is 1.41. The fourth-order valence-electron chi connectivity index (χ4n) is 1.13. The Morgan fingerprint density at radius 1 is 1.47 bits per heavy atom. The number of carbonyl (C=O) groups is 2. The average molecular weight is 211 g/mol. The second kappa shape index (κ2) is 4.54. The number of anilines is 1. The minimum Gasteiger partial charge on any atom is -0.481 e. The van der Waals surface area contributed by atoms with Crippen molar-refractivity contribution >= 4 is 17.6 Å². The van der Waals surface area contributed by atoms with Crippen LogP contribution in [0.4, 0.5) is 10.1 Å². The number of nitrogens with one attached hydrogen (secondary N) is 1. The molecule has 0 aromatic heterocycles. The highest BCUT2D eigenvalue weighted by atomic mass is 19.1. The van der Waals surface area contributed by atoms with E-state index in [1.165, 1.54) is 19.1 Å². The van der Waals surface area contributed by atoms with Gasteiger partial charge >= 0.3 is 5.97 Å². The van der Waals surface area contributed by atoms with Crippen LogP contribution in [-0.2, 0) is 16.0 Å². The minimum atomic E-state index is -1.10. The van der Waals surface area contributed by atoms with Crippen LogP contribution in [-0.4, -0.2) is 17.0 Å². The summed E-state index contributed by atoms with van der Waals surface area (Å²) in [7, 11) is 0. The standard InChI is InChI=1S/C10H10FNO3/c1-6(13)12-8-3-2-7(4-10(14)15)9(11)5-8/h2-3,5H,4H2,1H3,(H,12,13)(H,14,15). The van der Waals surface area contributed by atoms with Crippen molar-refractivity contribution in [3.05, 3.63) is 29.6 Å². The summed E-state index contributed by atoms with van der Waals surface area (Å²) >= 11 is 0. The van der Waals surface area contributed by atoms with Crippen LogP contribution >= 0.6 is 0 Å². The van der Waals surface area contributed by atoms with Crippen molar-refractivity contribution in [1.82, 2.24) is 0 Å². The van der Waals surface area contributed by atoms with E-state index in [0.717, 1.165) is 6.07 Å². The van der Waals surface area contributed by atoms with Gasteiger partial charge in [0.1, 0.15) is 5.82 Å². The first-order valence-electron chi connectivity index (χ1n) is 4.27. The molecule has 0 saturated heterocycles. The van der Waals surface area contributed by atoms with Gasteiger partial charge in [-0.15, -0.1) is 0 Å². The van der Waals surface area contributed by atoms with Crippen LogP contribution in [0, 0.1) is 5.82 Å². The van der Waals surface area contributed by atoms with Gasteiger partial charge in [0.2, 0.25) is 5.91 Å². The lowest BCUT2D eigenvalue weighted by Gasteiger charge is -2.04. The van der Waals surface area contributed by atoms with Crippen LogP contribution in [0.1, 0.15) is 12.5 Å². The summed E-state index contributed by atoms with van der Waals surface area (Å²) in [5.74, 6) is -2.04. The molecule has 0 atom stereocenters. The van der Waals surface area contributed by atoms with Gasteiger partial charge in [0, 0.05) is 12.6 Å². The minimum absolute atomic E-state index is 0.0941. The Labute approximate surface area is 85.7 Å². The summed E-state index contributed by atoms with van der Waals surface area (Å²) in [5.41, 5.74) is 0.408. The summed E-state index contributed by atoms with van der Waals surface area (Å²) < 4.78 is 13.2. The number of hydrogen-bond donors (Lipinski definition) is 2. The predicted molar refractivity (Wildman–Crippen MR) is 52.0 cm³/mol. The first kappa shape index (κ1) is 11.2. The largest absolute Gasteiger partial charge is 0.481 e. The zero-order chi connectivity index (χ0) is 11.4. The van der Waals surface area contributed by atoms with E-state index in [0.29, 0.717) is 5.69 Å². The molecule has 0 aliphatic heterocycles. The number of carbonyl (C=O) groups excluding carboxylic acids is 1. The molecule has 1 rings (SSSR count). The zero-order valence-corrected chi connectivity index (χ0v) is 8.08. The maximum atomic E-state index is 13.2. The number of carboxylic acids is 1. The lowest BCUT2D eigenvalue weighted by Crippen LogP contribution is -2.07. The molecule has 0 fully saturated rings. The van der Waals surface area contributed by atoms with Crippen LogP contribution in [0.5, 0.6) is 0 Å². The van der Waals surface area contributed by atoms with Crippen molar-refractivity contribution in [3.8, 4) is 0 Å². The third kappa shape index (κ3) is 3.38. The van der Waals surface area contributed by atoms with E-state index < -0.39 is 11.8 Å². The van der Waals surface area contributed by atoms with Gasteiger partial charge in [-0.1, -0.05) is 6.07 Å². The van der Waals surface area contributed by atoms with E-state index >= 15 is 0 Å². The molecular formula is C10H10FNO3. The zero-order valence-electron chi connectivity index (χ0n) is 8.08. The number of aliphatic carboxylic acids is 1. The van der Waals surface area contributed by atoms with Crippen LogP contribution in [0.15, 0.2) is 18.2 Å². The number of rotatable bonds is 3. The molecule has 5 heteroatoms. The van der Waals surface area contributed by atoms with E-state index in [4.69, 9.17) is 5.11 Å². The van der Waals surface area contributed by atoms with Crippen LogP contribution < -0.4 is 5.32 Å². The molecule has 0 radical (unpaired) electrons. The SMILES string of the molecule is CC(=O)Nc1ccc(CC(=O)O)c(F)c1. The Hall–Kier alpha value is -1.91. The van der Waals surface area contributed by atoms with Crippen LogP contribution in [0.3, 0.4) is 0 Å². The molecule has 0 spiro atoms. The van der Waals surface area contributed by atoms with Crippen molar-refractivity contribution < 1.29 is 19.1 Å². The number of benzene rings is 1. The quantitative estimate of drug-likeness (QED) is 0.794. The lowest BCUT2D eigenvalue weighted by molar-refractivity contribution is -0.136.